The number of benzene rings is 2. The van der Waals surface area contributed by atoms with E-state index >= 15 is 0 Å². The summed E-state index contributed by atoms with van der Waals surface area (Å²) in [5.41, 5.74) is 1.19. The molecule has 0 saturated heterocycles. The molecule has 0 aliphatic rings. The van der Waals surface area contributed by atoms with Gasteiger partial charge in [-0.25, -0.2) is 9.97 Å². The second kappa shape index (κ2) is 8.86. The van der Waals surface area contributed by atoms with Crippen molar-refractivity contribution in [2.75, 3.05) is 11.9 Å². The Bertz CT molecular complexity index is 942. The molecular weight excluding hydrogens is 395 g/mol. The van der Waals surface area contributed by atoms with Crippen LogP contribution in [0.5, 0.6) is 0 Å². The molecular formula is C22H22F3N3S. The van der Waals surface area contributed by atoms with E-state index in [0.29, 0.717) is 10.8 Å². The minimum atomic E-state index is -4.52. The maximum Gasteiger partial charge on any atom is 0.420 e. The third kappa shape index (κ3) is 5.50. The summed E-state index contributed by atoms with van der Waals surface area (Å²) in [6.45, 7) is 4.31. The SMILES string of the molecule is CC(C)Cc1ccc(N(C)c2ncc(C(F)(F)F)c(Sc3ccccc3)n2)cc1. The van der Waals surface area contributed by atoms with Crippen molar-refractivity contribution < 1.29 is 13.2 Å². The zero-order chi connectivity index (χ0) is 21.0. The topological polar surface area (TPSA) is 29.0 Å². The fraction of sp³-hybridized carbons (Fsp3) is 0.273. The normalized spacial score (nSPS) is 11.7. The number of rotatable bonds is 6. The van der Waals surface area contributed by atoms with Crippen molar-refractivity contribution in [1.82, 2.24) is 9.97 Å². The van der Waals surface area contributed by atoms with Crippen LogP contribution in [0.4, 0.5) is 24.8 Å². The number of halogens is 3. The Hall–Kier alpha value is -2.54. The number of hydrogen-bond donors (Lipinski definition) is 0. The van der Waals surface area contributed by atoms with Crippen molar-refractivity contribution in [3.63, 3.8) is 0 Å². The minimum absolute atomic E-state index is 0.114. The first-order valence-corrected chi connectivity index (χ1v) is 10.1. The Kier molecular flexibility index (Phi) is 6.47. The van der Waals surface area contributed by atoms with Crippen molar-refractivity contribution >= 4 is 23.4 Å². The molecule has 0 bridgehead atoms. The van der Waals surface area contributed by atoms with E-state index < -0.39 is 11.7 Å². The monoisotopic (exact) mass is 417 g/mol. The van der Waals surface area contributed by atoms with Gasteiger partial charge in [0.2, 0.25) is 5.95 Å². The third-order valence-electron chi connectivity index (χ3n) is 4.27. The maximum absolute atomic E-state index is 13.4. The lowest BCUT2D eigenvalue weighted by molar-refractivity contribution is -0.140. The standard InChI is InChI=1S/C22H22F3N3S/c1-15(2)13-16-9-11-17(12-10-16)28(3)21-26-14-19(22(23,24)25)20(27-21)29-18-7-5-4-6-8-18/h4-12,14-15H,13H2,1-3H3. The Morgan fingerprint density at radius 2 is 1.66 bits per heavy atom. The summed E-state index contributed by atoms with van der Waals surface area (Å²) in [5, 5.41) is -0.114. The van der Waals surface area contributed by atoms with Crippen molar-refractivity contribution in [3.8, 4) is 0 Å². The first-order valence-electron chi connectivity index (χ1n) is 9.24. The molecule has 0 fully saturated rings. The van der Waals surface area contributed by atoms with Gasteiger partial charge < -0.3 is 4.90 Å². The fourth-order valence-electron chi connectivity index (χ4n) is 2.83. The maximum atomic E-state index is 13.4. The summed E-state index contributed by atoms with van der Waals surface area (Å²) in [6, 6.07) is 16.8. The Labute approximate surface area is 173 Å². The van der Waals surface area contributed by atoms with Gasteiger partial charge in [-0.05, 0) is 42.2 Å². The zero-order valence-corrected chi connectivity index (χ0v) is 17.3. The summed E-state index contributed by atoms with van der Waals surface area (Å²) >= 11 is 0.979. The molecule has 0 spiro atoms. The van der Waals surface area contributed by atoms with Crippen LogP contribution in [0.15, 0.2) is 70.7 Å². The van der Waals surface area contributed by atoms with Crippen LogP contribution in [0.3, 0.4) is 0 Å². The second-order valence-corrected chi connectivity index (χ2v) is 8.19. The molecule has 0 aliphatic carbocycles. The molecule has 0 atom stereocenters. The molecule has 0 amide bonds. The van der Waals surface area contributed by atoms with Crippen LogP contribution in [0, 0.1) is 5.92 Å². The summed E-state index contributed by atoms with van der Waals surface area (Å²) in [7, 11) is 1.75. The molecule has 3 nitrogen and oxygen atoms in total. The van der Waals surface area contributed by atoms with Gasteiger partial charge in [0.1, 0.15) is 10.6 Å². The summed E-state index contributed by atoms with van der Waals surface area (Å²) in [4.78, 5) is 10.6. The highest BCUT2D eigenvalue weighted by molar-refractivity contribution is 7.99. The van der Waals surface area contributed by atoms with Gasteiger partial charge >= 0.3 is 6.18 Å². The van der Waals surface area contributed by atoms with E-state index in [2.05, 4.69) is 23.8 Å². The Morgan fingerprint density at radius 3 is 2.24 bits per heavy atom. The number of alkyl halides is 3. The van der Waals surface area contributed by atoms with E-state index in [1.54, 1.807) is 36.2 Å². The number of anilines is 2. The quantitative estimate of drug-likeness (QED) is 0.422. The summed E-state index contributed by atoms with van der Waals surface area (Å²) < 4.78 is 40.3. The molecule has 2 aromatic carbocycles. The van der Waals surface area contributed by atoms with Crippen LogP contribution in [0.25, 0.3) is 0 Å². The van der Waals surface area contributed by atoms with E-state index in [1.807, 2.05) is 30.3 Å². The lowest BCUT2D eigenvalue weighted by Gasteiger charge is -2.20. The van der Waals surface area contributed by atoms with Crippen LogP contribution in [-0.4, -0.2) is 17.0 Å². The molecule has 29 heavy (non-hydrogen) atoms. The molecule has 0 unspecified atom stereocenters. The Morgan fingerprint density at radius 1 is 1.00 bits per heavy atom. The molecule has 1 heterocycles. The fourth-order valence-corrected chi connectivity index (χ4v) is 3.76. The lowest BCUT2D eigenvalue weighted by Crippen LogP contribution is -2.16. The van der Waals surface area contributed by atoms with Crippen LogP contribution >= 0.6 is 11.8 Å². The van der Waals surface area contributed by atoms with Crippen molar-refractivity contribution in [1.29, 1.82) is 0 Å². The van der Waals surface area contributed by atoms with Gasteiger partial charge in [0.05, 0.1) is 0 Å². The largest absolute Gasteiger partial charge is 0.420 e. The highest BCUT2D eigenvalue weighted by Gasteiger charge is 2.35. The van der Waals surface area contributed by atoms with Gasteiger partial charge in [-0.15, -0.1) is 0 Å². The first-order chi connectivity index (χ1) is 13.7. The highest BCUT2D eigenvalue weighted by atomic mass is 32.2. The molecule has 0 saturated carbocycles. The predicted octanol–water partition coefficient (Wildman–Crippen LogP) is 6.61. The lowest BCUT2D eigenvalue weighted by atomic mass is 10.0. The molecule has 0 radical (unpaired) electrons. The number of nitrogens with zero attached hydrogens (tertiary/aromatic N) is 3. The highest BCUT2D eigenvalue weighted by Crippen LogP contribution is 2.39. The molecule has 0 aliphatic heterocycles. The minimum Gasteiger partial charge on any atom is -0.314 e. The molecule has 3 aromatic rings. The summed E-state index contributed by atoms with van der Waals surface area (Å²) in [5.74, 6) is 0.766. The van der Waals surface area contributed by atoms with Gasteiger partial charge in [0, 0.05) is 23.8 Å². The Balaban J connectivity index is 1.92. The van der Waals surface area contributed by atoms with Gasteiger partial charge in [-0.3, -0.25) is 0 Å². The zero-order valence-electron chi connectivity index (χ0n) is 16.4. The van der Waals surface area contributed by atoms with E-state index in [4.69, 9.17) is 0 Å². The number of aromatic nitrogens is 2. The van der Waals surface area contributed by atoms with E-state index in [9.17, 15) is 13.2 Å². The predicted molar refractivity (Wildman–Crippen MR) is 111 cm³/mol. The van der Waals surface area contributed by atoms with Gasteiger partial charge in [-0.2, -0.15) is 13.2 Å². The van der Waals surface area contributed by atoms with E-state index in [-0.39, 0.29) is 11.0 Å². The van der Waals surface area contributed by atoms with Crippen LogP contribution in [-0.2, 0) is 12.6 Å². The summed E-state index contributed by atoms with van der Waals surface area (Å²) in [6.07, 6.45) is -2.69. The third-order valence-corrected chi connectivity index (χ3v) is 5.28. The van der Waals surface area contributed by atoms with Crippen molar-refractivity contribution in [2.45, 2.75) is 36.4 Å². The van der Waals surface area contributed by atoms with E-state index in [0.717, 1.165) is 30.1 Å². The van der Waals surface area contributed by atoms with Crippen molar-refractivity contribution in [2.24, 2.45) is 5.92 Å². The molecule has 152 valence electrons. The van der Waals surface area contributed by atoms with Crippen LogP contribution < -0.4 is 4.90 Å². The van der Waals surface area contributed by atoms with Crippen LogP contribution in [0.2, 0.25) is 0 Å². The molecule has 1 aromatic heterocycles. The van der Waals surface area contributed by atoms with Crippen molar-refractivity contribution in [3.05, 3.63) is 71.9 Å². The number of hydrogen-bond acceptors (Lipinski definition) is 4. The van der Waals surface area contributed by atoms with Gasteiger partial charge in [0.25, 0.3) is 0 Å². The van der Waals surface area contributed by atoms with E-state index in [1.165, 1.54) is 5.56 Å². The average molecular weight is 418 g/mol. The van der Waals surface area contributed by atoms with Gasteiger partial charge in [0.15, 0.2) is 0 Å². The first kappa shape index (κ1) is 21.2. The molecule has 3 rings (SSSR count). The second-order valence-electron chi connectivity index (χ2n) is 7.13. The smallest absolute Gasteiger partial charge is 0.314 e. The van der Waals surface area contributed by atoms with Gasteiger partial charge in [-0.1, -0.05) is 55.9 Å². The molecule has 0 N–H and O–H groups in total. The average Bonchev–Trinajstić information content (AvgIpc) is 2.67. The molecule has 7 heteroatoms. The van der Waals surface area contributed by atoms with Crippen LogP contribution in [0.1, 0.15) is 25.0 Å².